The largest absolute Gasteiger partial charge is 0.489 e. The normalized spacial score (nSPS) is 10.5. The van der Waals surface area contributed by atoms with Crippen molar-refractivity contribution in [2.45, 2.75) is 26.5 Å². The Balaban J connectivity index is 2.01. The van der Waals surface area contributed by atoms with Crippen LogP contribution in [0.4, 0.5) is 0 Å². The molecular weight excluding hydrogens is 258 g/mol. The van der Waals surface area contributed by atoms with Gasteiger partial charge in [0, 0.05) is 17.1 Å². The summed E-state index contributed by atoms with van der Waals surface area (Å²) in [5.74, 6) is 0.858. The molecule has 0 atom stereocenters. The first-order valence-electron chi connectivity index (χ1n) is 6.42. The standard InChI is InChI=1S/C16H18ClNO/c1-2-12-4-7-15(8-5-12)19-11-14-6-3-13(10-18)9-16(14)17/h3-9H,2,10-11,18H2,1H3. The zero-order chi connectivity index (χ0) is 13.7. The third kappa shape index (κ3) is 3.72. The summed E-state index contributed by atoms with van der Waals surface area (Å²) >= 11 is 6.19. The molecule has 3 heteroatoms. The zero-order valence-electron chi connectivity index (χ0n) is 11.0. The fourth-order valence-corrected chi connectivity index (χ4v) is 2.08. The van der Waals surface area contributed by atoms with E-state index in [1.54, 1.807) is 0 Å². The third-order valence-corrected chi connectivity index (χ3v) is 3.43. The molecule has 100 valence electrons. The molecule has 0 aliphatic heterocycles. The first-order chi connectivity index (χ1) is 9.22. The van der Waals surface area contributed by atoms with Gasteiger partial charge in [-0.3, -0.25) is 0 Å². The molecule has 0 amide bonds. The van der Waals surface area contributed by atoms with E-state index >= 15 is 0 Å². The second-order valence-corrected chi connectivity index (χ2v) is 4.82. The van der Waals surface area contributed by atoms with Crippen molar-refractivity contribution in [2.75, 3.05) is 0 Å². The first-order valence-corrected chi connectivity index (χ1v) is 6.80. The second-order valence-electron chi connectivity index (χ2n) is 4.42. The molecule has 0 saturated carbocycles. The summed E-state index contributed by atoms with van der Waals surface area (Å²) in [5.41, 5.74) is 8.87. The minimum atomic E-state index is 0.467. The van der Waals surface area contributed by atoms with Gasteiger partial charge in [-0.1, -0.05) is 42.8 Å². The molecule has 0 saturated heterocycles. The number of nitrogens with two attached hydrogens (primary N) is 1. The molecule has 0 aliphatic carbocycles. The summed E-state index contributed by atoms with van der Waals surface area (Å²) < 4.78 is 5.73. The van der Waals surface area contributed by atoms with E-state index < -0.39 is 0 Å². The quantitative estimate of drug-likeness (QED) is 0.897. The number of ether oxygens (including phenoxy) is 1. The van der Waals surface area contributed by atoms with Crippen LogP contribution in [0.15, 0.2) is 42.5 Å². The average Bonchev–Trinajstić information content (AvgIpc) is 2.46. The molecular formula is C16H18ClNO. The van der Waals surface area contributed by atoms with Crippen molar-refractivity contribution in [3.8, 4) is 5.75 Å². The van der Waals surface area contributed by atoms with Crippen LogP contribution in [0.5, 0.6) is 5.75 Å². The van der Waals surface area contributed by atoms with Gasteiger partial charge in [0.1, 0.15) is 12.4 Å². The van der Waals surface area contributed by atoms with Crippen LogP contribution in [0.1, 0.15) is 23.6 Å². The Labute approximate surface area is 119 Å². The van der Waals surface area contributed by atoms with Gasteiger partial charge in [0.2, 0.25) is 0 Å². The Morgan fingerprint density at radius 1 is 1.05 bits per heavy atom. The molecule has 0 radical (unpaired) electrons. The Hall–Kier alpha value is -1.51. The molecule has 0 heterocycles. The molecule has 2 N–H and O–H groups in total. The van der Waals surface area contributed by atoms with Crippen LogP contribution >= 0.6 is 11.6 Å². The highest BCUT2D eigenvalue weighted by atomic mass is 35.5. The van der Waals surface area contributed by atoms with Gasteiger partial charge in [-0.15, -0.1) is 0 Å². The summed E-state index contributed by atoms with van der Waals surface area (Å²) in [6.07, 6.45) is 1.03. The lowest BCUT2D eigenvalue weighted by Crippen LogP contribution is -2.00. The predicted octanol–water partition coefficient (Wildman–Crippen LogP) is 3.94. The van der Waals surface area contributed by atoms with Gasteiger partial charge >= 0.3 is 0 Å². The highest BCUT2D eigenvalue weighted by Gasteiger charge is 2.03. The van der Waals surface area contributed by atoms with Crippen LogP contribution in [-0.2, 0) is 19.6 Å². The molecule has 0 bridgehead atoms. The van der Waals surface area contributed by atoms with Crippen molar-refractivity contribution in [3.05, 3.63) is 64.2 Å². The monoisotopic (exact) mass is 275 g/mol. The van der Waals surface area contributed by atoms with Crippen LogP contribution in [0.2, 0.25) is 5.02 Å². The van der Waals surface area contributed by atoms with Gasteiger partial charge in [-0.25, -0.2) is 0 Å². The summed E-state index contributed by atoms with van der Waals surface area (Å²) in [7, 11) is 0. The number of benzene rings is 2. The number of hydrogen-bond donors (Lipinski definition) is 1. The molecule has 0 aromatic heterocycles. The van der Waals surface area contributed by atoms with Crippen molar-refractivity contribution in [1.82, 2.24) is 0 Å². The number of halogens is 1. The lowest BCUT2D eigenvalue weighted by atomic mass is 10.1. The summed E-state index contributed by atoms with van der Waals surface area (Å²) in [6.45, 7) is 3.10. The molecule has 19 heavy (non-hydrogen) atoms. The molecule has 0 spiro atoms. The lowest BCUT2D eigenvalue weighted by molar-refractivity contribution is 0.306. The van der Waals surface area contributed by atoms with Gasteiger partial charge in [-0.05, 0) is 35.7 Å². The Kier molecular flexibility index (Phi) is 4.83. The topological polar surface area (TPSA) is 35.2 Å². The molecule has 2 aromatic rings. The Morgan fingerprint density at radius 2 is 1.74 bits per heavy atom. The summed E-state index contributed by atoms with van der Waals surface area (Å²) in [6, 6.07) is 14.0. The summed E-state index contributed by atoms with van der Waals surface area (Å²) in [5, 5.41) is 0.702. The van der Waals surface area contributed by atoms with Gasteiger partial charge in [0.05, 0.1) is 0 Å². The van der Waals surface area contributed by atoms with Crippen LogP contribution in [0, 0.1) is 0 Å². The maximum atomic E-state index is 6.19. The average molecular weight is 276 g/mol. The van der Waals surface area contributed by atoms with E-state index in [4.69, 9.17) is 22.1 Å². The van der Waals surface area contributed by atoms with E-state index in [1.807, 2.05) is 30.3 Å². The van der Waals surface area contributed by atoms with E-state index in [0.29, 0.717) is 18.2 Å². The third-order valence-electron chi connectivity index (χ3n) is 3.08. The maximum absolute atomic E-state index is 6.19. The van der Waals surface area contributed by atoms with Crippen molar-refractivity contribution in [1.29, 1.82) is 0 Å². The smallest absolute Gasteiger partial charge is 0.119 e. The van der Waals surface area contributed by atoms with Gasteiger partial charge in [0.15, 0.2) is 0 Å². The van der Waals surface area contributed by atoms with Crippen molar-refractivity contribution < 1.29 is 4.74 Å². The Morgan fingerprint density at radius 3 is 2.32 bits per heavy atom. The molecule has 0 fully saturated rings. The van der Waals surface area contributed by atoms with Crippen molar-refractivity contribution in [3.63, 3.8) is 0 Å². The van der Waals surface area contributed by atoms with Crippen LogP contribution in [0.3, 0.4) is 0 Å². The summed E-state index contributed by atoms with van der Waals surface area (Å²) in [4.78, 5) is 0. The number of aryl methyl sites for hydroxylation is 1. The SMILES string of the molecule is CCc1ccc(OCc2ccc(CN)cc2Cl)cc1. The predicted molar refractivity (Wildman–Crippen MR) is 79.5 cm³/mol. The van der Waals surface area contributed by atoms with Crippen LogP contribution < -0.4 is 10.5 Å². The van der Waals surface area contributed by atoms with Crippen molar-refractivity contribution in [2.24, 2.45) is 5.73 Å². The van der Waals surface area contributed by atoms with Crippen LogP contribution in [-0.4, -0.2) is 0 Å². The fourth-order valence-electron chi connectivity index (χ4n) is 1.82. The lowest BCUT2D eigenvalue weighted by Gasteiger charge is -2.09. The molecule has 0 unspecified atom stereocenters. The van der Waals surface area contributed by atoms with E-state index in [0.717, 1.165) is 23.3 Å². The van der Waals surface area contributed by atoms with E-state index in [1.165, 1.54) is 5.56 Å². The highest BCUT2D eigenvalue weighted by molar-refractivity contribution is 6.31. The maximum Gasteiger partial charge on any atom is 0.119 e. The minimum absolute atomic E-state index is 0.467. The molecule has 0 aliphatic rings. The number of rotatable bonds is 5. The van der Waals surface area contributed by atoms with Gasteiger partial charge in [-0.2, -0.15) is 0 Å². The highest BCUT2D eigenvalue weighted by Crippen LogP contribution is 2.20. The van der Waals surface area contributed by atoms with E-state index in [2.05, 4.69) is 19.1 Å². The fraction of sp³-hybridized carbons (Fsp3) is 0.250. The molecule has 2 rings (SSSR count). The Bertz CT molecular complexity index is 537. The second kappa shape index (κ2) is 6.60. The molecule has 2 aromatic carbocycles. The minimum Gasteiger partial charge on any atom is -0.489 e. The number of hydrogen-bond acceptors (Lipinski definition) is 2. The van der Waals surface area contributed by atoms with Crippen LogP contribution in [0.25, 0.3) is 0 Å². The van der Waals surface area contributed by atoms with E-state index in [-0.39, 0.29) is 0 Å². The molecule has 2 nitrogen and oxygen atoms in total. The zero-order valence-corrected chi connectivity index (χ0v) is 11.8. The van der Waals surface area contributed by atoms with Gasteiger partial charge < -0.3 is 10.5 Å². The van der Waals surface area contributed by atoms with Crippen molar-refractivity contribution >= 4 is 11.6 Å². The van der Waals surface area contributed by atoms with Gasteiger partial charge in [0.25, 0.3) is 0 Å². The first kappa shape index (κ1) is 13.9. The van der Waals surface area contributed by atoms with E-state index in [9.17, 15) is 0 Å².